The van der Waals surface area contributed by atoms with Crippen LogP contribution in [0.3, 0.4) is 0 Å². The van der Waals surface area contributed by atoms with Crippen molar-refractivity contribution in [3.05, 3.63) is 47.0 Å². The number of carbonyl (C=O) groups is 2. The van der Waals surface area contributed by atoms with Crippen molar-refractivity contribution in [3.63, 3.8) is 0 Å². The highest BCUT2D eigenvalue weighted by Crippen LogP contribution is 2.45. The molecule has 1 aliphatic heterocycles. The van der Waals surface area contributed by atoms with Gasteiger partial charge in [-0.3, -0.25) is 4.79 Å². The Morgan fingerprint density at radius 3 is 2.50 bits per heavy atom. The molecular weight excluding hydrogens is 276 g/mol. The number of nitrogens with zero attached hydrogens (tertiary/aromatic N) is 2. The van der Waals surface area contributed by atoms with Gasteiger partial charge in [-0.25, -0.2) is 4.79 Å². The molecule has 0 bridgehead atoms. The Hall–Kier alpha value is -2.10. The van der Waals surface area contributed by atoms with Gasteiger partial charge in [0, 0.05) is 20.5 Å². The lowest BCUT2D eigenvalue weighted by atomic mass is 9.87. The molecule has 1 aromatic carbocycles. The minimum Gasteiger partial charge on any atom is -0.331 e. The number of hydrogen-bond acceptors (Lipinski definition) is 2. The van der Waals surface area contributed by atoms with Gasteiger partial charge in [-0.05, 0) is 36.5 Å². The summed E-state index contributed by atoms with van der Waals surface area (Å²) in [6.45, 7) is 1.91. The van der Waals surface area contributed by atoms with Gasteiger partial charge in [0.15, 0.2) is 5.78 Å². The summed E-state index contributed by atoms with van der Waals surface area (Å²) in [5.74, 6) is 0.234. The second-order valence-electron chi connectivity index (χ2n) is 6.34. The molecule has 4 heteroatoms. The van der Waals surface area contributed by atoms with Crippen molar-refractivity contribution in [3.8, 4) is 0 Å². The van der Waals surface area contributed by atoms with Crippen LogP contribution in [0, 0.1) is 0 Å². The lowest BCUT2D eigenvalue weighted by Gasteiger charge is -2.34. The normalized spacial score (nSPS) is 24.5. The van der Waals surface area contributed by atoms with Gasteiger partial charge < -0.3 is 9.80 Å². The fourth-order valence-corrected chi connectivity index (χ4v) is 3.63. The average Bonchev–Trinajstić information content (AvgIpc) is 2.91. The van der Waals surface area contributed by atoms with Crippen LogP contribution in [0.25, 0.3) is 0 Å². The highest BCUT2D eigenvalue weighted by molar-refractivity contribution is 5.97. The number of urea groups is 1. The summed E-state index contributed by atoms with van der Waals surface area (Å²) in [4.78, 5) is 28.3. The first kappa shape index (κ1) is 14.8. The van der Waals surface area contributed by atoms with E-state index in [1.54, 1.807) is 19.0 Å². The molecular formula is C18H22N2O2. The number of amides is 2. The highest BCUT2D eigenvalue weighted by atomic mass is 16.2. The van der Waals surface area contributed by atoms with Crippen molar-refractivity contribution in [1.29, 1.82) is 0 Å². The number of rotatable bonds is 1. The Balaban J connectivity index is 2.05. The molecule has 116 valence electrons. The fourth-order valence-electron chi connectivity index (χ4n) is 3.63. The third-order valence-corrected chi connectivity index (χ3v) is 4.82. The zero-order chi connectivity index (χ0) is 15.9. The van der Waals surface area contributed by atoms with Crippen LogP contribution in [0.4, 0.5) is 4.79 Å². The van der Waals surface area contributed by atoms with Gasteiger partial charge in [0.25, 0.3) is 0 Å². The van der Waals surface area contributed by atoms with Crippen molar-refractivity contribution in [2.75, 3.05) is 14.1 Å². The van der Waals surface area contributed by atoms with Crippen molar-refractivity contribution in [1.82, 2.24) is 9.80 Å². The maximum atomic E-state index is 12.7. The molecule has 1 heterocycles. The third-order valence-electron chi connectivity index (χ3n) is 4.82. The first-order valence-electron chi connectivity index (χ1n) is 7.78. The van der Waals surface area contributed by atoms with Gasteiger partial charge in [0.1, 0.15) is 0 Å². The molecule has 4 nitrogen and oxygen atoms in total. The monoisotopic (exact) mass is 298 g/mol. The molecule has 2 aliphatic rings. The van der Waals surface area contributed by atoms with Crippen molar-refractivity contribution in [2.45, 2.75) is 38.3 Å². The van der Waals surface area contributed by atoms with Gasteiger partial charge in [0.05, 0.1) is 12.1 Å². The van der Waals surface area contributed by atoms with Crippen molar-refractivity contribution >= 4 is 11.8 Å². The lowest BCUT2D eigenvalue weighted by molar-refractivity contribution is -0.116. The molecule has 0 N–H and O–H groups in total. The minimum absolute atomic E-state index is 0.0241. The second-order valence-corrected chi connectivity index (χ2v) is 6.34. The molecule has 0 aromatic heterocycles. The van der Waals surface area contributed by atoms with Gasteiger partial charge in [-0.2, -0.15) is 0 Å². The minimum atomic E-state index is 0.0241. The van der Waals surface area contributed by atoms with Gasteiger partial charge in [-0.15, -0.1) is 0 Å². The van der Waals surface area contributed by atoms with E-state index in [1.165, 1.54) is 0 Å². The summed E-state index contributed by atoms with van der Waals surface area (Å²) in [6.07, 6.45) is 2.05. The molecule has 0 saturated carbocycles. The first-order chi connectivity index (χ1) is 10.5. The van der Waals surface area contributed by atoms with Gasteiger partial charge in [-0.1, -0.05) is 30.3 Å². The number of allylic oxidation sites excluding steroid dienone is 1. The lowest BCUT2D eigenvalue weighted by Crippen LogP contribution is -2.44. The summed E-state index contributed by atoms with van der Waals surface area (Å²) < 4.78 is 0. The fraction of sp³-hybridized carbons (Fsp3) is 0.444. The van der Waals surface area contributed by atoms with E-state index in [1.807, 2.05) is 30.0 Å². The summed E-state index contributed by atoms with van der Waals surface area (Å²) in [5, 5.41) is 0. The van der Waals surface area contributed by atoms with Crippen LogP contribution < -0.4 is 0 Å². The Bertz CT molecular complexity index is 634. The number of fused-ring (bicyclic) bond motifs is 1. The Kier molecular flexibility index (Phi) is 3.77. The molecule has 1 saturated heterocycles. The molecule has 0 spiro atoms. The predicted octanol–water partition coefficient (Wildman–Crippen LogP) is 3.16. The van der Waals surface area contributed by atoms with Crippen LogP contribution in [-0.4, -0.2) is 41.8 Å². The van der Waals surface area contributed by atoms with E-state index in [4.69, 9.17) is 0 Å². The molecule has 2 atom stereocenters. The topological polar surface area (TPSA) is 40.6 Å². The van der Waals surface area contributed by atoms with Crippen molar-refractivity contribution in [2.24, 2.45) is 0 Å². The zero-order valence-corrected chi connectivity index (χ0v) is 13.4. The van der Waals surface area contributed by atoms with E-state index in [9.17, 15) is 9.59 Å². The second kappa shape index (κ2) is 5.59. The van der Waals surface area contributed by atoms with E-state index in [0.717, 1.165) is 29.6 Å². The maximum Gasteiger partial charge on any atom is 0.320 e. The molecule has 22 heavy (non-hydrogen) atoms. The molecule has 1 aromatic rings. The average molecular weight is 298 g/mol. The van der Waals surface area contributed by atoms with E-state index in [2.05, 4.69) is 12.1 Å². The van der Waals surface area contributed by atoms with Crippen molar-refractivity contribution < 1.29 is 9.59 Å². The number of likely N-dealkylation sites (tertiary alicyclic amines) is 1. The van der Waals surface area contributed by atoms with Crippen LogP contribution in [0.15, 0.2) is 41.5 Å². The molecule has 3 rings (SSSR count). The standard InChI is InChI=1S/C18H22N2O2/c1-12-14-11-16(13-7-5-4-6-8-13)20(18(22)19(2)3)15(14)9-10-17(12)21/h4-8,15-16H,9-11H2,1-3H3/t15-,16+/m1/s1. The summed E-state index contributed by atoms with van der Waals surface area (Å²) in [5.41, 5.74) is 3.16. The Labute approximate surface area is 131 Å². The summed E-state index contributed by atoms with van der Waals surface area (Å²) >= 11 is 0. The number of benzene rings is 1. The Morgan fingerprint density at radius 1 is 1.18 bits per heavy atom. The van der Waals surface area contributed by atoms with E-state index >= 15 is 0 Å². The number of ketones is 1. The molecule has 2 amide bonds. The van der Waals surface area contributed by atoms with Gasteiger partial charge >= 0.3 is 6.03 Å². The van der Waals surface area contributed by atoms with E-state index in [0.29, 0.717) is 6.42 Å². The summed E-state index contributed by atoms with van der Waals surface area (Å²) in [7, 11) is 3.57. The smallest absolute Gasteiger partial charge is 0.320 e. The molecule has 0 unspecified atom stereocenters. The predicted molar refractivity (Wildman–Crippen MR) is 85.5 cm³/mol. The molecule has 0 radical (unpaired) electrons. The SMILES string of the molecule is CC1=C2C[C@@H](c3ccccc3)N(C(=O)N(C)C)[C@@H]2CCC1=O. The van der Waals surface area contributed by atoms with Gasteiger partial charge in [0.2, 0.25) is 0 Å². The van der Waals surface area contributed by atoms with Crippen LogP contribution in [0.1, 0.15) is 37.8 Å². The third kappa shape index (κ3) is 2.32. The van der Waals surface area contributed by atoms with E-state index < -0.39 is 0 Å². The quantitative estimate of drug-likeness (QED) is 0.799. The number of carbonyl (C=O) groups excluding carboxylic acids is 2. The molecule has 1 aliphatic carbocycles. The highest BCUT2D eigenvalue weighted by Gasteiger charge is 2.44. The first-order valence-corrected chi connectivity index (χ1v) is 7.78. The van der Waals surface area contributed by atoms with Crippen LogP contribution in [0.2, 0.25) is 0 Å². The van der Waals surface area contributed by atoms with Crippen LogP contribution in [0.5, 0.6) is 0 Å². The summed E-state index contributed by atoms with van der Waals surface area (Å²) in [6, 6.07) is 10.2. The largest absolute Gasteiger partial charge is 0.331 e. The maximum absolute atomic E-state index is 12.7. The van der Waals surface area contributed by atoms with E-state index in [-0.39, 0.29) is 23.9 Å². The number of hydrogen-bond donors (Lipinski definition) is 0. The molecule has 1 fully saturated rings. The zero-order valence-electron chi connectivity index (χ0n) is 13.4. The van der Waals surface area contributed by atoms with Crippen LogP contribution in [-0.2, 0) is 4.79 Å². The number of Topliss-reactive ketones (excluding diaryl/α,β-unsaturated/α-hetero) is 1. The van der Waals surface area contributed by atoms with Crippen LogP contribution >= 0.6 is 0 Å². The Morgan fingerprint density at radius 2 is 1.86 bits per heavy atom.